The molecule has 5 heteroatoms. The van der Waals surface area contributed by atoms with Gasteiger partial charge >= 0.3 is 5.97 Å². The molecule has 1 heterocycles. The Hall–Kier alpha value is -1.55. The van der Waals surface area contributed by atoms with Crippen molar-refractivity contribution in [1.82, 2.24) is 4.98 Å². The molecule has 0 aliphatic carbocycles. The summed E-state index contributed by atoms with van der Waals surface area (Å²) in [6, 6.07) is 1.43. The van der Waals surface area contributed by atoms with E-state index in [0.29, 0.717) is 11.3 Å². The zero-order chi connectivity index (χ0) is 11.6. The quantitative estimate of drug-likeness (QED) is 0.760. The van der Waals surface area contributed by atoms with Crippen molar-refractivity contribution in [2.75, 3.05) is 5.73 Å². The fourth-order valence-corrected chi connectivity index (χ4v) is 1.35. The van der Waals surface area contributed by atoms with Crippen molar-refractivity contribution in [3.8, 4) is 0 Å². The van der Waals surface area contributed by atoms with Crippen LogP contribution in [0, 0.1) is 0 Å². The Morgan fingerprint density at radius 2 is 2.20 bits per heavy atom. The predicted octanol–water partition coefficient (Wildman–Crippen LogP) is 2.44. The van der Waals surface area contributed by atoms with Crippen LogP contribution in [0.3, 0.4) is 0 Å². The van der Waals surface area contributed by atoms with Gasteiger partial charge in [0.05, 0.1) is 0 Å². The smallest absolute Gasteiger partial charge is 0.355 e. The summed E-state index contributed by atoms with van der Waals surface area (Å²) in [7, 11) is 0. The maximum absolute atomic E-state index is 10.9. The highest BCUT2D eigenvalue weighted by Crippen LogP contribution is 2.22. The lowest BCUT2D eigenvalue weighted by Crippen LogP contribution is -2.06. The molecule has 0 saturated heterocycles. The molecule has 3 N–H and O–H groups in total. The Balaban J connectivity index is 3.47. The highest BCUT2D eigenvalue weighted by molar-refractivity contribution is 6.30. The molecule has 0 aromatic carbocycles. The number of halogens is 1. The van der Waals surface area contributed by atoms with E-state index in [1.165, 1.54) is 6.07 Å². The Morgan fingerprint density at radius 3 is 2.67 bits per heavy atom. The maximum Gasteiger partial charge on any atom is 0.355 e. The van der Waals surface area contributed by atoms with Crippen LogP contribution >= 0.6 is 11.6 Å². The Bertz CT molecular complexity index is 437. The van der Waals surface area contributed by atoms with Crippen LogP contribution in [0.5, 0.6) is 0 Å². The number of anilines is 1. The lowest BCUT2D eigenvalue weighted by Gasteiger charge is -2.05. The zero-order valence-corrected chi connectivity index (χ0v) is 9.17. The molecule has 0 saturated carbocycles. The van der Waals surface area contributed by atoms with Gasteiger partial charge in [-0.3, -0.25) is 0 Å². The average Bonchev–Trinajstić information content (AvgIpc) is 2.08. The van der Waals surface area contributed by atoms with Gasteiger partial charge in [-0.05, 0) is 19.9 Å². The number of nitrogens with two attached hydrogens (primary N) is 1. The molecule has 0 spiro atoms. The van der Waals surface area contributed by atoms with E-state index in [4.69, 9.17) is 22.4 Å². The number of allylic oxidation sites excluding steroid dienone is 1. The minimum atomic E-state index is -1.14. The normalized spacial score (nSPS) is 9.80. The third-order valence-electron chi connectivity index (χ3n) is 1.69. The molecular weight excluding hydrogens is 216 g/mol. The lowest BCUT2D eigenvalue weighted by molar-refractivity contribution is 0.0690. The third kappa shape index (κ3) is 2.70. The number of hydrogen-bond acceptors (Lipinski definition) is 3. The van der Waals surface area contributed by atoms with Gasteiger partial charge in [0.1, 0.15) is 5.15 Å². The van der Waals surface area contributed by atoms with Crippen LogP contribution in [-0.2, 0) is 0 Å². The van der Waals surface area contributed by atoms with Crippen molar-refractivity contribution in [1.29, 1.82) is 0 Å². The fourth-order valence-electron chi connectivity index (χ4n) is 1.15. The number of pyridine rings is 1. The number of carbonyl (C=O) groups is 1. The minimum absolute atomic E-state index is 0.0795. The summed E-state index contributed by atoms with van der Waals surface area (Å²) in [6.45, 7) is 3.69. The van der Waals surface area contributed by atoms with Gasteiger partial charge in [0.25, 0.3) is 0 Å². The van der Waals surface area contributed by atoms with Gasteiger partial charge in [-0.1, -0.05) is 23.3 Å². The van der Waals surface area contributed by atoms with Crippen molar-refractivity contribution in [3.05, 3.63) is 28.0 Å². The molecule has 15 heavy (non-hydrogen) atoms. The monoisotopic (exact) mass is 226 g/mol. The summed E-state index contributed by atoms with van der Waals surface area (Å²) in [4.78, 5) is 14.6. The van der Waals surface area contributed by atoms with Crippen LogP contribution in [0.15, 0.2) is 11.6 Å². The van der Waals surface area contributed by atoms with E-state index in [1.807, 2.05) is 13.8 Å². The summed E-state index contributed by atoms with van der Waals surface area (Å²) in [6.07, 6.45) is 1.67. The van der Waals surface area contributed by atoms with E-state index in [1.54, 1.807) is 6.08 Å². The molecule has 0 atom stereocenters. The molecule has 1 aromatic rings. The molecule has 0 aliphatic rings. The van der Waals surface area contributed by atoms with E-state index in [0.717, 1.165) is 5.57 Å². The second-order valence-corrected chi connectivity index (χ2v) is 3.71. The summed E-state index contributed by atoms with van der Waals surface area (Å²) in [5.74, 6) is -1.14. The van der Waals surface area contributed by atoms with Crippen LogP contribution in [0.1, 0.15) is 29.9 Å². The highest BCUT2D eigenvalue weighted by atomic mass is 35.5. The van der Waals surface area contributed by atoms with Crippen molar-refractivity contribution in [3.63, 3.8) is 0 Å². The molecule has 1 aromatic heterocycles. The van der Waals surface area contributed by atoms with Crippen molar-refractivity contribution >= 4 is 29.3 Å². The summed E-state index contributed by atoms with van der Waals surface area (Å²) in [5.41, 5.74) is 7.20. The van der Waals surface area contributed by atoms with E-state index in [-0.39, 0.29) is 10.8 Å². The van der Waals surface area contributed by atoms with Gasteiger partial charge in [0.2, 0.25) is 0 Å². The SMILES string of the molecule is CC(C)=Cc1c(N)cc(Cl)nc1C(=O)O. The molecular formula is C10H11ClN2O2. The first-order valence-corrected chi connectivity index (χ1v) is 4.64. The first-order valence-electron chi connectivity index (χ1n) is 4.26. The molecule has 4 nitrogen and oxygen atoms in total. The van der Waals surface area contributed by atoms with Crippen LogP contribution in [-0.4, -0.2) is 16.1 Å². The van der Waals surface area contributed by atoms with Gasteiger partial charge < -0.3 is 10.8 Å². The Kier molecular flexibility index (Phi) is 3.31. The molecule has 0 amide bonds. The minimum Gasteiger partial charge on any atom is -0.476 e. The van der Waals surface area contributed by atoms with Crippen LogP contribution in [0.2, 0.25) is 5.15 Å². The summed E-state index contributed by atoms with van der Waals surface area (Å²) >= 11 is 5.63. The largest absolute Gasteiger partial charge is 0.476 e. The number of nitrogen functional groups attached to an aromatic ring is 1. The van der Waals surface area contributed by atoms with Crippen molar-refractivity contribution in [2.24, 2.45) is 0 Å². The van der Waals surface area contributed by atoms with E-state index < -0.39 is 5.97 Å². The third-order valence-corrected chi connectivity index (χ3v) is 1.89. The molecule has 0 unspecified atom stereocenters. The number of rotatable bonds is 2. The van der Waals surface area contributed by atoms with Gasteiger partial charge in [-0.15, -0.1) is 0 Å². The van der Waals surface area contributed by atoms with E-state index in [2.05, 4.69) is 4.98 Å². The highest BCUT2D eigenvalue weighted by Gasteiger charge is 2.14. The fraction of sp³-hybridized carbons (Fsp3) is 0.200. The topological polar surface area (TPSA) is 76.2 Å². The Labute approximate surface area is 92.4 Å². The van der Waals surface area contributed by atoms with Gasteiger partial charge in [-0.2, -0.15) is 0 Å². The van der Waals surface area contributed by atoms with E-state index >= 15 is 0 Å². The second kappa shape index (κ2) is 4.31. The number of aromatic carboxylic acids is 1. The van der Waals surface area contributed by atoms with E-state index in [9.17, 15) is 4.79 Å². The Morgan fingerprint density at radius 1 is 1.60 bits per heavy atom. The standard InChI is InChI=1S/C10H11ClN2O2/c1-5(2)3-6-7(12)4-8(11)13-9(6)10(14)15/h3-4H,1-2H3,(H2,12,13)(H,14,15). The van der Waals surface area contributed by atoms with Crippen molar-refractivity contribution in [2.45, 2.75) is 13.8 Å². The first kappa shape index (κ1) is 11.5. The predicted molar refractivity (Wildman–Crippen MR) is 59.9 cm³/mol. The van der Waals surface area contributed by atoms with Crippen LogP contribution in [0.25, 0.3) is 6.08 Å². The number of nitrogens with zero attached hydrogens (tertiary/aromatic N) is 1. The molecule has 1 rings (SSSR count). The summed E-state index contributed by atoms with van der Waals surface area (Å²) in [5, 5.41) is 9.00. The number of carboxylic acids is 1. The maximum atomic E-state index is 10.9. The number of carboxylic acid groups (broad SMARTS) is 1. The molecule has 0 radical (unpaired) electrons. The van der Waals surface area contributed by atoms with Crippen molar-refractivity contribution < 1.29 is 9.90 Å². The molecule has 80 valence electrons. The summed E-state index contributed by atoms with van der Waals surface area (Å²) < 4.78 is 0. The lowest BCUT2D eigenvalue weighted by atomic mass is 10.1. The number of hydrogen-bond donors (Lipinski definition) is 2. The molecule has 0 bridgehead atoms. The van der Waals surface area contributed by atoms with Crippen LogP contribution < -0.4 is 5.73 Å². The van der Waals surface area contributed by atoms with Crippen LogP contribution in [0.4, 0.5) is 5.69 Å². The first-order chi connectivity index (χ1) is 6.91. The second-order valence-electron chi connectivity index (χ2n) is 3.32. The molecule has 0 fully saturated rings. The average molecular weight is 227 g/mol. The van der Waals surface area contributed by atoms with Gasteiger partial charge in [0, 0.05) is 11.3 Å². The molecule has 0 aliphatic heterocycles. The van der Waals surface area contributed by atoms with Gasteiger partial charge in [-0.25, -0.2) is 9.78 Å². The van der Waals surface area contributed by atoms with Gasteiger partial charge in [0.15, 0.2) is 5.69 Å². The zero-order valence-electron chi connectivity index (χ0n) is 8.41. The number of aromatic nitrogens is 1.